The highest BCUT2D eigenvalue weighted by molar-refractivity contribution is 7.80. The van der Waals surface area contributed by atoms with Crippen molar-refractivity contribution in [2.45, 2.75) is 56.0 Å². The minimum absolute atomic E-state index is 0.00708. The standard InChI is InChI=1S/C55H58N4O10S/c1-54(2,42-32-44(66-3)34-45(33-42)67-4)69-53(65)56-35-49(61)59(55(39-20-12-7-13-21-39,40-22-14-8-15-23-40)41-24-16-9-17-25-41)48(36-70)51(63)57-46(30-38-26-28-43(60)29-27-38)50(62)58-47(52(64)68-5)31-37-18-10-6-11-19-37/h6-29,32-34,46-48,60,70H,30-31,35-36H2,1-5H3,(H,56,65)(H,57,63)(H,58,62). The van der Waals surface area contributed by atoms with Gasteiger partial charge in [0.05, 0.1) is 21.3 Å². The van der Waals surface area contributed by atoms with Crippen LogP contribution in [0.15, 0.2) is 164 Å². The molecule has 0 heterocycles. The Balaban J connectivity index is 1.44. The second-order valence-electron chi connectivity index (χ2n) is 16.8. The van der Waals surface area contributed by atoms with Crippen molar-refractivity contribution in [3.05, 3.63) is 197 Å². The first-order valence-electron chi connectivity index (χ1n) is 22.5. The van der Waals surface area contributed by atoms with Gasteiger partial charge >= 0.3 is 12.1 Å². The zero-order valence-corrected chi connectivity index (χ0v) is 40.6. The molecule has 0 aliphatic heterocycles. The number of nitrogens with one attached hydrogen (secondary N) is 3. The molecule has 3 atom stereocenters. The number of carbonyl (C=O) groups excluding carboxylic acids is 5. The lowest BCUT2D eigenvalue weighted by Gasteiger charge is -2.48. The molecule has 364 valence electrons. The quantitative estimate of drug-likeness (QED) is 0.0283. The molecular formula is C55H58N4O10S. The summed E-state index contributed by atoms with van der Waals surface area (Å²) in [6.07, 6.45) is -0.930. The second-order valence-corrected chi connectivity index (χ2v) is 17.2. The number of alkyl carbamates (subject to hydrolysis) is 1. The smallest absolute Gasteiger partial charge is 0.408 e. The number of esters is 1. The van der Waals surface area contributed by atoms with Gasteiger partial charge in [-0.25, -0.2) is 9.59 Å². The maximum atomic E-state index is 15.5. The van der Waals surface area contributed by atoms with Gasteiger partial charge in [0.15, 0.2) is 0 Å². The molecule has 0 aliphatic carbocycles. The third-order valence-electron chi connectivity index (χ3n) is 11.9. The van der Waals surface area contributed by atoms with Gasteiger partial charge in [-0.2, -0.15) is 12.6 Å². The molecule has 6 aromatic carbocycles. The van der Waals surface area contributed by atoms with Gasteiger partial charge in [0.2, 0.25) is 17.7 Å². The fourth-order valence-electron chi connectivity index (χ4n) is 8.35. The van der Waals surface area contributed by atoms with Gasteiger partial charge in [-0.05, 0) is 65.9 Å². The molecule has 6 rings (SSSR count). The molecule has 0 spiro atoms. The number of carbonyl (C=O) groups is 5. The Morgan fingerprint density at radius 3 is 1.53 bits per heavy atom. The van der Waals surface area contributed by atoms with Crippen LogP contribution >= 0.6 is 12.6 Å². The Hall–Kier alpha value is -7.78. The van der Waals surface area contributed by atoms with Crippen molar-refractivity contribution < 1.29 is 48.0 Å². The van der Waals surface area contributed by atoms with Crippen LogP contribution in [0.4, 0.5) is 4.79 Å². The van der Waals surface area contributed by atoms with E-state index in [9.17, 15) is 19.5 Å². The first-order valence-corrected chi connectivity index (χ1v) is 23.2. The van der Waals surface area contributed by atoms with Crippen LogP contribution in [0.25, 0.3) is 0 Å². The number of methoxy groups -OCH3 is 3. The fraction of sp³-hybridized carbons (Fsp3) is 0.255. The maximum absolute atomic E-state index is 15.5. The van der Waals surface area contributed by atoms with Crippen LogP contribution in [-0.2, 0) is 52.6 Å². The lowest BCUT2D eigenvalue weighted by molar-refractivity contribution is -0.146. The van der Waals surface area contributed by atoms with Crippen molar-refractivity contribution in [2.75, 3.05) is 33.6 Å². The third kappa shape index (κ3) is 12.5. The van der Waals surface area contributed by atoms with Gasteiger partial charge in [0.25, 0.3) is 0 Å². The minimum atomic E-state index is -1.58. The maximum Gasteiger partial charge on any atom is 0.408 e. The average molecular weight is 967 g/mol. The number of phenolic OH excluding ortho intramolecular Hbond substituents is 1. The van der Waals surface area contributed by atoms with Gasteiger partial charge in [0.1, 0.15) is 53.1 Å². The number of aromatic hydroxyl groups is 1. The van der Waals surface area contributed by atoms with Crippen molar-refractivity contribution >= 4 is 42.4 Å². The van der Waals surface area contributed by atoms with E-state index in [0.29, 0.717) is 39.3 Å². The molecule has 0 fully saturated rings. The lowest BCUT2D eigenvalue weighted by atomic mass is 9.74. The number of hydrogen-bond acceptors (Lipinski definition) is 11. The van der Waals surface area contributed by atoms with Gasteiger partial charge in [-0.1, -0.05) is 133 Å². The zero-order chi connectivity index (χ0) is 50.3. The minimum Gasteiger partial charge on any atom is -0.508 e. The van der Waals surface area contributed by atoms with Gasteiger partial charge < -0.3 is 44.9 Å². The number of rotatable bonds is 21. The predicted molar refractivity (Wildman–Crippen MR) is 269 cm³/mol. The lowest BCUT2D eigenvalue weighted by Crippen LogP contribution is -2.64. The predicted octanol–water partition coefficient (Wildman–Crippen LogP) is 7.12. The third-order valence-corrected chi connectivity index (χ3v) is 12.2. The Labute approximate surface area is 413 Å². The van der Waals surface area contributed by atoms with Crippen molar-refractivity contribution in [2.24, 2.45) is 0 Å². The Morgan fingerprint density at radius 2 is 1.06 bits per heavy atom. The highest BCUT2D eigenvalue weighted by Crippen LogP contribution is 2.44. The van der Waals surface area contributed by atoms with Gasteiger partial charge in [-0.15, -0.1) is 0 Å². The van der Waals surface area contributed by atoms with Crippen LogP contribution < -0.4 is 25.4 Å². The molecule has 0 aliphatic rings. The normalized spacial score (nSPS) is 12.5. The Kier molecular flexibility index (Phi) is 17.7. The summed E-state index contributed by atoms with van der Waals surface area (Å²) in [7, 11) is 4.23. The summed E-state index contributed by atoms with van der Waals surface area (Å²) >= 11 is 4.75. The average Bonchev–Trinajstić information content (AvgIpc) is 3.38. The molecule has 15 heteroatoms. The van der Waals surface area contributed by atoms with Crippen molar-refractivity contribution in [3.63, 3.8) is 0 Å². The van der Waals surface area contributed by atoms with Gasteiger partial charge in [-0.3, -0.25) is 14.4 Å². The van der Waals surface area contributed by atoms with E-state index in [1.54, 1.807) is 44.2 Å². The van der Waals surface area contributed by atoms with E-state index in [4.69, 9.17) is 31.6 Å². The monoisotopic (exact) mass is 966 g/mol. The van der Waals surface area contributed by atoms with E-state index in [2.05, 4.69) is 16.0 Å². The molecule has 0 radical (unpaired) electrons. The summed E-state index contributed by atoms with van der Waals surface area (Å²) in [6, 6.07) is 43.9. The first-order chi connectivity index (χ1) is 33.7. The van der Waals surface area contributed by atoms with Crippen LogP contribution in [0.3, 0.4) is 0 Å². The molecule has 0 aromatic heterocycles. The number of phenols is 1. The number of thiol groups is 1. The van der Waals surface area contributed by atoms with E-state index in [0.717, 1.165) is 5.56 Å². The highest BCUT2D eigenvalue weighted by atomic mass is 32.1. The fourth-order valence-corrected chi connectivity index (χ4v) is 8.68. The highest BCUT2D eigenvalue weighted by Gasteiger charge is 2.50. The summed E-state index contributed by atoms with van der Waals surface area (Å²) in [6.45, 7) is 2.71. The molecule has 0 saturated heterocycles. The van der Waals surface area contributed by atoms with Crippen LogP contribution in [0.1, 0.15) is 47.2 Å². The molecule has 4 N–H and O–H groups in total. The molecule has 4 amide bonds. The summed E-state index contributed by atoms with van der Waals surface area (Å²) in [4.78, 5) is 73.9. The Bertz CT molecular complexity index is 2570. The topological polar surface area (TPSA) is 182 Å². The molecule has 0 bridgehead atoms. The van der Waals surface area contributed by atoms with E-state index in [1.165, 1.54) is 38.4 Å². The van der Waals surface area contributed by atoms with E-state index in [-0.39, 0.29) is 24.3 Å². The number of benzene rings is 6. The Morgan fingerprint density at radius 1 is 0.600 bits per heavy atom. The van der Waals surface area contributed by atoms with Crippen molar-refractivity contribution in [3.8, 4) is 17.2 Å². The number of nitrogens with zero attached hydrogens (tertiary/aromatic N) is 1. The SMILES string of the molecule is COC(=O)C(Cc1ccccc1)NC(=O)C(Cc1ccc(O)cc1)NC(=O)C(CS)N(C(=O)CNC(=O)OC(C)(C)c1cc(OC)cc(OC)c1)C(c1ccccc1)(c1ccccc1)c1ccccc1. The molecule has 14 nitrogen and oxygen atoms in total. The van der Waals surface area contributed by atoms with Crippen LogP contribution in [0, 0.1) is 0 Å². The summed E-state index contributed by atoms with van der Waals surface area (Å²) in [5.74, 6) is -2.23. The number of amides is 4. The molecule has 70 heavy (non-hydrogen) atoms. The van der Waals surface area contributed by atoms with Crippen LogP contribution in [0.5, 0.6) is 17.2 Å². The zero-order valence-electron chi connectivity index (χ0n) is 39.7. The summed E-state index contributed by atoms with van der Waals surface area (Å²) < 4.78 is 21.9. The van der Waals surface area contributed by atoms with Crippen LogP contribution in [-0.4, -0.2) is 91.5 Å². The summed E-state index contributed by atoms with van der Waals surface area (Å²) in [5, 5.41) is 18.5. The molecule has 0 saturated carbocycles. The number of hydrogen-bond donors (Lipinski definition) is 5. The molecule has 6 aromatic rings. The molecule has 3 unspecified atom stereocenters. The van der Waals surface area contributed by atoms with E-state index in [1.807, 2.05) is 121 Å². The van der Waals surface area contributed by atoms with Crippen molar-refractivity contribution in [1.82, 2.24) is 20.9 Å². The molecular weight excluding hydrogens is 909 g/mol. The second kappa shape index (κ2) is 24.0. The van der Waals surface area contributed by atoms with Crippen LogP contribution in [0.2, 0.25) is 0 Å². The van der Waals surface area contributed by atoms with E-state index >= 15 is 9.59 Å². The first kappa shape index (κ1) is 51.6. The summed E-state index contributed by atoms with van der Waals surface area (Å²) in [5.41, 5.74) is 0.834. The largest absolute Gasteiger partial charge is 0.508 e. The van der Waals surface area contributed by atoms with E-state index < -0.39 is 65.6 Å². The van der Waals surface area contributed by atoms with Crippen molar-refractivity contribution in [1.29, 1.82) is 0 Å². The van der Waals surface area contributed by atoms with Gasteiger partial charge in [0, 0.05) is 30.2 Å². The number of ether oxygens (including phenoxy) is 4.